The Hall–Kier alpha value is -2.15. The lowest BCUT2D eigenvalue weighted by Gasteiger charge is -2.18. The zero-order chi connectivity index (χ0) is 14.6. The lowest BCUT2D eigenvalue weighted by Crippen LogP contribution is -2.47. The van der Waals surface area contributed by atoms with Gasteiger partial charge < -0.3 is 20.3 Å². The van der Waals surface area contributed by atoms with E-state index >= 15 is 0 Å². The third-order valence-electron chi connectivity index (χ3n) is 2.46. The number of halogens is 1. The van der Waals surface area contributed by atoms with Gasteiger partial charge in [-0.3, -0.25) is 4.79 Å². The highest BCUT2D eigenvalue weighted by atomic mass is 19.1. The average molecular weight is 271 g/mol. The lowest BCUT2D eigenvalue weighted by atomic mass is 10.1. The van der Waals surface area contributed by atoms with Gasteiger partial charge in [0.15, 0.2) is 6.04 Å². The molecule has 7 heteroatoms. The highest BCUT2D eigenvalue weighted by Gasteiger charge is 2.27. The summed E-state index contributed by atoms with van der Waals surface area (Å²) in [5.74, 6) is -3.25. The number of aliphatic hydroxyl groups excluding tert-OH is 1. The Labute approximate surface area is 108 Å². The van der Waals surface area contributed by atoms with Gasteiger partial charge in [-0.25, -0.2) is 9.18 Å². The molecule has 3 N–H and O–H groups in total. The van der Waals surface area contributed by atoms with Gasteiger partial charge in [-0.15, -0.1) is 0 Å². The SMILES string of the molecule is COc1cccc(F)c1C(=O)N[C@H](C(=O)O)[C@@H](C)O. The van der Waals surface area contributed by atoms with E-state index in [1.807, 2.05) is 5.32 Å². The van der Waals surface area contributed by atoms with Gasteiger partial charge in [-0.2, -0.15) is 0 Å². The van der Waals surface area contributed by atoms with Gasteiger partial charge in [0.2, 0.25) is 0 Å². The molecule has 0 aliphatic rings. The monoisotopic (exact) mass is 271 g/mol. The van der Waals surface area contributed by atoms with Crippen LogP contribution < -0.4 is 10.1 Å². The number of carbonyl (C=O) groups excluding carboxylic acids is 1. The zero-order valence-electron chi connectivity index (χ0n) is 10.4. The molecule has 2 atom stereocenters. The van der Waals surface area contributed by atoms with Crippen LogP contribution in [0.5, 0.6) is 5.75 Å². The van der Waals surface area contributed by atoms with E-state index < -0.39 is 35.4 Å². The largest absolute Gasteiger partial charge is 0.496 e. The Morgan fingerprint density at radius 2 is 2.05 bits per heavy atom. The van der Waals surface area contributed by atoms with Crippen molar-refractivity contribution in [3.63, 3.8) is 0 Å². The van der Waals surface area contributed by atoms with E-state index in [1.165, 1.54) is 26.2 Å². The van der Waals surface area contributed by atoms with Crippen molar-refractivity contribution in [2.24, 2.45) is 0 Å². The van der Waals surface area contributed by atoms with E-state index in [9.17, 15) is 19.1 Å². The highest BCUT2D eigenvalue weighted by Crippen LogP contribution is 2.21. The molecular formula is C12H14FNO5. The van der Waals surface area contributed by atoms with Crippen molar-refractivity contribution >= 4 is 11.9 Å². The minimum absolute atomic E-state index is 0.0211. The van der Waals surface area contributed by atoms with Crippen LogP contribution in [0.4, 0.5) is 4.39 Å². The molecule has 0 saturated carbocycles. The first-order valence-electron chi connectivity index (χ1n) is 5.42. The molecule has 0 heterocycles. The van der Waals surface area contributed by atoms with Crippen LogP contribution in [0.25, 0.3) is 0 Å². The Balaban J connectivity index is 3.04. The van der Waals surface area contributed by atoms with Crippen LogP contribution in [-0.2, 0) is 4.79 Å². The smallest absolute Gasteiger partial charge is 0.328 e. The van der Waals surface area contributed by atoms with Gasteiger partial charge in [0, 0.05) is 0 Å². The number of carboxylic acids is 1. The summed E-state index contributed by atoms with van der Waals surface area (Å²) < 4.78 is 18.4. The number of carboxylic acid groups (broad SMARTS) is 1. The van der Waals surface area contributed by atoms with Gasteiger partial charge >= 0.3 is 5.97 Å². The molecule has 0 aliphatic carbocycles. The number of aliphatic hydroxyl groups is 1. The molecule has 104 valence electrons. The van der Waals surface area contributed by atoms with Gasteiger partial charge in [-0.05, 0) is 19.1 Å². The second-order valence-corrected chi connectivity index (χ2v) is 3.85. The van der Waals surface area contributed by atoms with Gasteiger partial charge in [-0.1, -0.05) is 6.07 Å². The number of nitrogens with one attached hydrogen (secondary N) is 1. The molecule has 1 aromatic rings. The number of ether oxygens (including phenoxy) is 1. The Bertz CT molecular complexity index is 489. The van der Waals surface area contributed by atoms with Gasteiger partial charge in [0.05, 0.1) is 13.2 Å². The predicted octanol–water partition coefficient (Wildman–Crippen LogP) is 0.398. The molecule has 6 nitrogen and oxygen atoms in total. The van der Waals surface area contributed by atoms with Crippen molar-refractivity contribution in [2.75, 3.05) is 7.11 Å². The molecule has 0 unspecified atom stereocenters. The molecule has 0 aromatic heterocycles. The third kappa shape index (κ3) is 3.41. The summed E-state index contributed by atoms with van der Waals surface area (Å²) in [4.78, 5) is 22.7. The number of benzene rings is 1. The fourth-order valence-corrected chi connectivity index (χ4v) is 1.50. The van der Waals surface area contributed by atoms with Crippen LogP contribution in [0.15, 0.2) is 18.2 Å². The molecule has 19 heavy (non-hydrogen) atoms. The van der Waals surface area contributed by atoms with Crippen molar-refractivity contribution in [3.8, 4) is 5.75 Å². The number of aliphatic carboxylic acids is 1. The maximum atomic E-state index is 13.6. The molecule has 1 aromatic carbocycles. The second-order valence-electron chi connectivity index (χ2n) is 3.85. The van der Waals surface area contributed by atoms with Crippen LogP contribution in [0.2, 0.25) is 0 Å². The van der Waals surface area contributed by atoms with Crippen molar-refractivity contribution in [1.82, 2.24) is 5.32 Å². The first kappa shape index (κ1) is 14.9. The van der Waals surface area contributed by atoms with Crippen molar-refractivity contribution in [2.45, 2.75) is 19.1 Å². The number of rotatable bonds is 5. The van der Waals surface area contributed by atoms with E-state index in [4.69, 9.17) is 9.84 Å². The molecule has 1 amide bonds. The highest BCUT2D eigenvalue weighted by molar-refractivity contribution is 5.99. The van der Waals surface area contributed by atoms with Crippen molar-refractivity contribution in [1.29, 1.82) is 0 Å². The molecular weight excluding hydrogens is 257 g/mol. The molecule has 0 fully saturated rings. The molecule has 0 spiro atoms. The fraction of sp³-hybridized carbons (Fsp3) is 0.333. The summed E-state index contributed by atoms with van der Waals surface area (Å²) in [5, 5.41) is 20.1. The average Bonchev–Trinajstić information content (AvgIpc) is 2.34. The lowest BCUT2D eigenvalue weighted by molar-refractivity contribution is -0.141. The predicted molar refractivity (Wildman–Crippen MR) is 63.5 cm³/mol. The Kier molecular flexibility index (Phi) is 4.82. The first-order valence-corrected chi connectivity index (χ1v) is 5.42. The first-order chi connectivity index (χ1) is 8.88. The minimum atomic E-state index is -1.53. The van der Waals surface area contributed by atoms with Crippen LogP contribution in [0.3, 0.4) is 0 Å². The fourth-order valence-electron chi connectivity index (χ4n) is 1.50. The zero-order valence-corrected chi connectivity index (χ0v) is 10.4. The van der Waals surface area contributed by atoms with E-state index in [1.54, 1.807) is 0 Å². The maximum absolute atomic E-state index is 13.6. The van der Waals surface area contributed by atoms with Crippen LogP contribution in [0, 0.1) is 5.82 Å². The van der Waals surface area contributed by atoms with E-state index in [2.05, 4.69) is 0 Å². The number of methoxy groups -OCH3 is 1. The van der Waals surface area contributed by atoms with Crippen molar-refractivity contribution < 1.29 is 28.9 Å². The Morgan fingerprint density at radius 1 is 1.42 bits per heavy atom. The number of hydrogen-bond acceptors (Lipinski definition) is 4. The molecule has 1 rings (SSSR count). The molecule has 0 saturated heterocycles. The van der Waals surface area contributed by atoms with E-state index in [-0.39, 0.29) is 5.75 Å². The summed E-state index contributed by atoms with van der Waals surface area (Å²) in [6.07, 6.45) is -1.32. The molecule has 0 aliphatic heterocycles. The maximum Gasteiger partial charge on any atom is 0.328 e. The summed E-state index contributed by atoms with van der Waals surface area (Å²) in [5.41, 5.74) is -0.406. The van der Waals surface area contributed by atoms with Gasteiger partial charge in [0.25, 0.3) is 5.91 Å². The van der Waals surface area contributed by atoms with E-state index in [0.29, 0.717) is 0 Å². The van der Waals surface area contributed by atoms with Crippen LogP contribution >= 0.6 is 0 Å². The summed E-state index contributed by atoms with van der Waals surface area (Å²) in [6.45, 7) is 1.21. The van der Waals surface area contributed by atoms with Crippen LogP contribution in [0.1, 0.15) is 17.3 Å². The molecule has 0 bridgehead atoms. The number of amides is 1. The third-order valence-corrected chi connectivity index (χ3v) is 2.46. The summed E-state index contributed by atoms with van der Waals surface area (Å²) in [7, 11) is 1.26. The van der Waals surface area contributed by atoms with Crippen LogP contribution in [-0.4, -0.2) is 41.3 Å². The number of carbonyl (C=O) groups is 2. The number of hydrogen-bond donors (Lipinski definition) is 3. The quantitative estimate of drug-likeness (QED) is 0.720. The topological polar surface area (TPSA) is 95.9 Å². The molecule has 0 radical (unpaired) electrons. The minimum Gasteiger partial charge on any atom is -0.496 e. The van der Waals surface area contributed by atoms with Gasteiger partial charge in [0.1, 0.15) is 17.1 Å². The van der Waals surface area contributed by atoms with E-state index in [0.717, 1.165) is 6.07 Å². The van der Waals surface area contributed by atoms with Crippen molar-refractivity contribution in [3.05, 3.63) is 29.6 Å². The summed E-state index contributed by atoms with van der Waals surface area (Å²) in [6, 6.07) is 2.25. The summed E-state index contributed by atoms with van der Waals surface area (Å²) >= 11 is 0. The normalized spacial score (nSPS) is 13.5. The standard InChI is InChI=1S/C12H14FNO5/c1-6(15)10(12(17)18)14-11(16)9-7(13)4-3-5-8(9)19-2/h3-6,10,15H,1-2H3,(H,14,16)(H,17,18)/t6-,10+/m1/s1. The Morgan fingerprint density at radius 3 is 2.53 bits per heavy atom. The second kappa shape index (κ2) is 6.14.